The second-order valence-electron chi connectivity index (χ2n) is 5.09. The maximum absolute atomic E-state index is 13.6. The van der Waals surface area contributed by atoms with Crippen molar-refractivity contribution in [2.75, 3.05) is 10.6 Å². The van der Waals surface area contributed by atoms with Gasteiger partial charge in [0.05, 0.1) is 0 Å². The van der Waals surface area contributed by atoms with Crippen LogP contribution in [0.25, 0.3) is 0 Å². The predicted molar refractivity (Wildman–Crippen MR) is 83.9 cm³/mol. The van der Waals surface area contributed by atoms with Gasteiger partial charge in [0.2, 0.25) is 5.91 Å². The summed E-state index contributed by atoms with van der Waals surface area (Å²) in [6.45, 7) is 5.22. The van der Waals surface area contributed by atoms with E-state index in [9.17, 15) is 9.18 Å². The predicted octanol–water partition coefficient (Wildman–Crippen LogP) is 4.27. The maximum Gasteiger partial charge on any atom is 0.221 e. The van der Waals surface area contributed by atoms with Gasteiger partial charge in [0, 0.05) is 29.9 Å². The third-order valence-corrected chi connectivity index (χ3v) is 3.35. The number of amides is 1. The van der Waals surface area contributed by atoms with Crippen molar-refractivity contribution in [2.24, 2.45) is 0 Å². The maximum atomic E-state index is 13.6. The average Bonchev–Trinajstić information content (AvgIpc) is 2.43. The smallest absolute Gasteiger partial charge is 0.221 e. The zero-order valence-corrected chi connectivity index (χ0v) is 12.4. The first kappa shape index (κ1) is 15.0. The second-order valence-corrected chi connectivity index (χ2v) is 5.09. The number of benzene rings is 2. The number of rotatable bonds is 4. The van der Waals surface area contributed by atoms with Crippen molar-refractivity contribution >= 4 is 17.3 Å². The average molecular weight is 286 g/mol. The van der Waals surface area contributed by atoms with E-state index in [4.69, 9.17) is 0 Å². The highest BCUT2D eigenvalue weighted by atomic mass is 19.1. The molecule has 0 aliphatic heterocycles. The minimum atomic E-state index is -0.223. The number of carbonyl (C=O) groups is 1. The Morgan fingerprint density at radius 3 is 2.62 bits per heavy atom. The lowest BCUT2D eigenvalue weighted by molar-refractivity contribution is -0.114. The number of anilines is 2. The van der Waals surface area contributed by atoms with Gasteiger partial charge in [-0.05, 0) is 43.7 Å². The molecular formula is C17H19FN2O. The zero-order chi connectivity index (χ0) is 15.4. The van der Waals surface area contributed by atoms with Gasteiger partial charge in [-0.1, -0.05) is 18.2 Å². The second kappa shape index (κ2) is 6.39. The molecule has 2 aromatic rings. The van der Waals surface area contributed by atoms with Crippen LogP contribution in [-0.4, -0.2) is 5.91 Å². The van der Waals surface area contributed by atoms with Gasteiger partial charge in [0.15, 0.2) is 0 Å². The molecule has 3 nitrogen and oxygen atoms in total. The molecule has 0 saturated carbocycles. The molecule has 0 aromatic heterocycles. The summed E-state index contributed by atoms with van der Waals surface area (Å²) in [5, 5.41) is 6.05. The Morgan fingerprint density at radius 1 is 1.19 bits per heavy atom. The van der Waals surface area contributed by atoms with Crippen LogP contribution in [0.4, 0.5) is 15.8 Å². The molecule has 2 aromatic carbocycles. The van der Waals surface area contributed by atoms with E-state index in [0.29, 0.717) is 5.56 Å². The highest BCUT2D eigenvalue weighted by Gasteiger charge is 2.09. The van der Waals surface area contributed by atoms with E-state index >= 15 is 0 Å². The Labute approximate surface area is 124 Å². The number of hydrogen-bond acceptors (Lipinski definition) is 2. The summed E-state index contributed by atoms with van der Waals surface area (Å²) in [5.74, 6) is -0.326. The molecule has 1 unspecified atom stereocenters. The Hall–Kier alpha value is -2.36. The minimum Gasteiger partial charge on any atom is -0.378 e. The Balaban J connectivity index is 2.18. The van der Waals surface area contributed by atoms with Crippen LogP contribution in [0.5, 0.6) is 0 Å². The highest BCUT2D eigenvalue weighted by molar-refractivity contribution is 5.88. The normalized spacial score (nSPS) is 11.8. The van der Waals surface area contributed by atoms with Gasteiger partial charge in [-0.3, -0.25) is 4.79 Å². The monoisotopic (exact) mass is 286 g/mol. The topological polar surface area (TPSA) is 41.1 Å². The lowest BCUT2D eigenvalue weighted by Crippen LogP contribution is -2.10. The summed E-state index contributed by atoms with van der Waals surface area (Å²) >= 11 is 0. The van der Waals surface area contributed by atoms with E-state index in [-0.39, 0.29) is 17.8 Å². The molecule has 0 heterocycles. The molecule has 2 rings (SSSR count). The summed E-state index contributed by atoms with van der Waals surface area (Å²) in [6.07, 6.45) is 0. The lowest BCUT2D eigenvalue weighted by Gasteiger charge is -2.18. The number of hydrogen-bond donors (Lipinski definition) is 2. The fourth-order valence-electron chi connectivity index (χ4n) is 2.17. The molecule has 0 aliphatic carbocycles. The summed E-state index contributed by atoms with van der Waals surface area (Å²) in [4.78, 5) is 11.1. The van der Waals surface area contributed by atoms with E-state index in [1.165, 1.54) is 13.0 Å². The molecule has 0 bridgehead atoms. The fourth-order valence-corrected chi connectivity index (χ4v) is 2.17. The number of carbonyl (C=O) groups excluding carboxylic acids is 1. The fraction of sp³-hybridized carbons (Fsp3) is 0.235. The summed E-state index contributed by atoms with van der Waals surface area (Å²) in [7, 11) is 0. The van der Waals surface area contributed by atoms with E-state index in [0.717, 1.165) is 16.9 Å². The SMILES string of the molecule is CC(=O)Nc1cccc(C(C)Nc2cccc(F)c2C)c1. The van der Waals surface area contributed by atoms with Crippen LogP contribution in [-0.2, 0) is 4.79 Å². The van der Waals surface area contributed by atoms with Gasteiger partial charge >= 0.3 is 0 Å². The van der Waals surface area contributed by atoms with Crippen molar-refractivity contribution in [3.63, 3.8) is 0 Å². The van der Waals surface area contributed by atoms with Gasteiger partial charge < -0.3 is 10.6 Å². The third kappa shape index (κ3) is 3.81. The van der Waals surface area contributed by atoms with Crippen LogP contribution in [0.3, 0.4) is 0 Å². The quantitative estimate of drug-likeness (QED) is 0.881. The van der Waals surface area contributed by atoms with Crippen molar-refractivity contribution < 1.29 is 9.18 Å². The van der Waals surface area contributed by atoms with Gasteiger partial charge in [-0.15, -0.1) is 0 Å². The molecular weight excluding hydrogens is 267 g/mol. The van der Waals surface area contributed by atoms with Gasteiger partial charge in [-0.25, -0.2) is 4.39 Å². The first-order chi connectivity index (χ1) is 9.97. The van der Waals surface area contributed by atoms with Crippen molar-refractivity contribution in [3.05, 3.63) is 59.4 Å². The van der Waals surface area contributed by atoms with Gasteiger partial charge in [0.1, 0.15) is 5.82 Å². The van der Waals surface area contributed by atoms with Crippen LogP contribution in [0.2, 0.25) is 0 Å². The summed E-state index contributed by atoms with van der Waals surface area (Å²) in [5.41, 5.74) is 3.14. The van der Waals surface area contributed by atoms with Crippen LogP contribution in [0, 0.1) is 12.7 Å². The molecule has 0 spiro atoms. The third-order valence-electron chi connectivity index (χ3n) is 3.35. The summed E-state index contributed by atoms with van der Waals surface area (Å²) in [6, 6.07) is 12.6. The van der Waals surface area contributed by atoms with E-state index < -0.39 is 0 Å². The first-order valence-corrected chi connectivity index (χ1v) is 6.86. The van der Waals surface area contributed by atoms with Crippen molar-refractivity contribution in [1.29, 1.82) is 0 Å². The van der Waals surface area contributed by atoms with E-state index in [2.05, 4.69) is 10.6 Å². The van der Waals surface area contributed by atoms with Crippen LogP contribution in [0.1, 0.15) is 31.0 Å². The molecule has 4 heteroatoms. The molecule has 0 radical (unpaired) electrons. The summed E-state index contributed by atoms with van der Waals surface area (Å²) < 4.78 is 13.6. The van der Waals surface area contributed by atoms with Crippen molar-refractivity contribution in [3.8, 4) is 0 Å². The Morgan fingerprint density at radius 2 is 1.90 bits per heavy atom. The van der Waals surface area contributed by atoms with E-state index in [1.54, 1.807) is 13.0 Å². The molecule has 21 heavy (non-hydrogen) atoms. The molecule has 1 amide bonds. The van der Waals surface area contributed by atoms with Crippen LogP contribution < -0.4 is 10.6 Å². The van der Waals surface area contributed by atoms with Gasteiger partial charge in [-0.2, -0.15) is 0 Å². The molecule has 0 aliphatic rings. The van der Waals surface area contributed by atoms with Gasteiger partial charge in [0.25, 0.3) is 0 Å². The van der Waals surface area contributed by atoms with Crippen LogP contribution >= 0.6 is 0 Å². The minimum absolute atomic E-state index is 0.000733. The molecule has 110 valence electrons. The standard InChI is InChI=1S/C17H19FN2O/c1-11-16(18)8-5-9-17(11)19-12(2)14-6-4-7-15(10-14)20-13(3)21/h4-10,12,19H,1-3H3,(H,20,21). The molecule has 0 fully saturated rings. The number of halogens is 1. The highest BCUT2D eigenvalue weighted by Crippen LogP contribution is 2.25. The largest absolute Gasteiger partial charge is 0.378 e. The first-order valence-electron chi connectivity index (χ1n) is 6.86. The Kier molecular flexibility index (Phi) is 4.58. The van der Waals surface area contributed by atoms with Crippen LogP contribution in [0.15, 0.2) is 42.5 Å². The van der Waals surface area contributed by atoms with Crippen molar-refractivity contribution in [2.45, 2.75) is 26.8 Å². The van der Waals surface area contributed by atoms with Crippen molar-refractivity contribution in [1.82, 2.24) is 0 Å². The molecule has 1 atom stereocenters. The zero-order valence-electron chi connectivity index (χ0n) is 12.4. The lowest BCUT2D eigenvalue weighted by atomic mass is 10.1. The van der Waals surface area contributed by atoms with E-state index in [1.807, 2.05) is 37.3 Å². The molecule has 0 saturated heterocycles. The number of nitrogens with one attached hydrogen (secondary N) is 2. The Bertz CT molecular complexity index is 655. The molecule has 2 N–H and O–H groups in total.